The zero-order chi connectivity index (χ0) is 11.2. The minimum Gasteiger partial charge on any atom is -0.365 e. The zero-order valence-corrected chi connectivity index (χ0v) is 8.84. The molecule has 0 amide bonds. The lowest BCUT2D eigenvalue weighted by Crippen LogP contribution is -2.55. The Morgan fingerprint density at radius 3 is 2.62 bits per heavy atom. The van der Waals surface area contributed by atoms with Crippen LogP contribution in [-0.2, 0) is 4.74 Å². The molecule has 0 aromatic carbocycles. The van der Waals surface area contributed by atoms with Crippen LogP contribution in [0.3, 0.4) is 0 Å². The smallest absolute Gasteiger partial charge is 0.178 e. The Labute approximate surface area is 93.3 Å². The van der Waals surface area contributed by atoms with Crippen molar-refractivity contribution < 1.29 is 14.2 Å². The highest BCUT2D eigenvalue weighted by Crippen LogP contribution is 2.50. The van der Waals surface area contributed by atoms with E-state index in [1.165, 1.54) is 0 Å². The molecular weight excluding hydrogens is 209 g/mol. The first-order chi connectivity index (χ1) is 7.69. The van der Waals surface area contributed by atoms with Crippen molar-refractivity contribution >= 4 is 0 Å². The Bertz CT molecular complexity index is 382. The summed E-state index contributed by atoms with van der Waals surface area (Å²) in [7, 11) is 0. The second kappa shape index (κ2) is 3.50. The van der Waals surface area contributed by atoms with E-state index in [0.29, 0.717) is 0 Å². The molecular formula is C12H14FNO2. The number of aromatic nitrogens is 1. The summed E-state index contributed by atoms with van der Waals surface area (Å²) in [5, 5.41) is 10.2. The van der Waals surface area contributed by atoms with Gasteiger partial charge in [0.15, 0.2) is 5.79 Å². The molecule has 0 radical (unpaired) electrons. The third-order valence-electron chi connectivity index (χ3n) is 3.30. The molecule has 0 spiro atoms. The van der Waals surface area contributed by atoms with Gasteiger partial charge in [0.05, 0.1) is 12.0 Å². The highest BCUT2D eigenvalue weighted by atomic mass is 19.1. The van der Waals surface area contributed by atoms with Crippen LogP contribution in [0.1, 0.15) is 30.7 Å². The molecule has 4 heteroatoms. The zero-order valence-electron chi connectivity index (χ0n) is 8.84. The predicted molar refractivity (Wildman–Crippen MR) is 55.5 cm³/mol. The molecule has 3 rings (SSSR count). The van der Waals surface area contributed by atoms with Gasteiger partial charge in [0.2, 0.25) is 0 Å². The van der Waals surface area contributed by atoms with Gasteiger partial charge >= 0.3 is 0 Å². The fourth-order valence-corrected chi connectivity index (χ4v) is 2.28. The van der Waals surface area contributed by atoms with Gasteiger partial charge in [-0.3, -0.25) is 4.98 Å². The quantitative estimate of drug-likeness (QED) is 0.794. The maximum absolute atomic E-state index is 13.6. The fourth-order valence-electron chi connectivity index (χ4n) is 2.28. The molecule has 2 fully saturated rings. The van der Waals surface area contributed by atoms with Crippen LogP contribution in [-0.4, -0.2) is 28.2 Å². The normalized spacial score (nSPS) is 38.1. The number of pyridine rings is 1. The number of hydrogen-bond donors (Lipinski definition) is 1. The predicted octanol–water partition coefficient (Wildman–Crippen LogP) is 1.77. The summed E-state index contributed by atoms with van der Waals surface area (Å²) in [5.74, 6) is -1.86. The van der Waals surface area contributed by atoms with E-state index in [0.717, 1.165) is 18.4 Å². The first-order valence-corrected chi connectivity index (χ1v) is 5.63. The van der Waals surface area contributed by atoms with Crippen LogP contribution in [0.5, 0.6) is 0 Å². The van der Waals surface area contributed by atoms with E-state index >= 15 is 0 Å². The molecule has 0 bridgehead atoms. The molecule has 1 aromatic heterocycles. The number of aliphatic hydroxyl groups is 1. The SMILES string of the molecule is OC1(OC2CC2)CC(F)C1c1ccncc1. The highest BCUT2D eigenvalue weighted by Gasteiger charge is 2.57. The molecule has 2 saturated carbocycles. The Balaban J connectivity index is 1.81. The van der Waals surface area contributed by atoms with E-state index < -0.39 is 17.9 Å². The van der Waals surface area contributed by atoms with Crippen molar-refractivity contribution in [1.82, 2.24) is 4.98 Å². The standard InChI is InChI=1S/C12H14FNO2/c13-10-7-12(15,16-9-1-2-9)11(10)8-3-5-14-6-4-8/h3-6,9-11,15H,1-2,7H2. The molecule has 3 unspecified atom stereocenters. The van der Waals surface area contributed by atoms with Gasteiger partial charge in [0.25, 0.3) is 0 Å². The Morgan fingerprint density at radius 1 is 1.38 bits per heavy atom. The molecule has 16 heavy (non-hydrogen) atoms. The number of nitrogens with zero attached hydrogens (tertiary/aromatic N) is 1. The molecule has 2 aliphatic rings. The van der Waals surface area contributed by atoms with Crippen molar-refractivity contribution in [3.8, 4) is 0 Å². The minimum atomic E-state index is -1.30. The van der Waals surface area contributed by atoms with Gasteiger partial charge in [-0.05, 0) is 30.5 Å². The van der Waals surface area contributed by atoms with Crippen LogP contribution < -0.4 is 0 Å². The Morgan fingerprint density at radius 2 is 2.06 bits per heavy atom. The summed E-state index contributed by atoms with van der Waals surface area (Å²) in [5.41, 5.74) is 0.761. The van der Waals surface area contributed by atoms with Gasteiger partial charge < -0.3 is 9.84 Å². The van der Waals surface area contributed by atoms with E-state index in [9.17, 15) is 9.50 Å². The number of rotatable bonds is 3. The minimum absolute atomic E-state index is 0.0799. The summed E-state index contributed by atoms with van der Waals surface area (Å²) in [6, 6.07) is 3.47. The van der Waals surface area contributed by atoms with Crippen molar-refractivity contribution in [2.75, 3.05) is 0 Å². The Hall–Kier alpha value is -1.00. The molecule has 86 valence electrons. The van der Waals surface area contributed by atoms with Gasteiger partial charge in [-0.1, -0.05) is 0 Å². The second-order valence-electron chi connectivity index (χ2n) is 4.64. The first kappa shape index (κ1) is 10.2. The lowest BCUT2D eigenvalue weighted by Gasteiger charge is -2.47. The monoisotopic (exact) mass is 223 g/mol. The second-order valence-corrected chi connectivity index (χ2v) is 4.64. The summed E-state index contributed by atoms with van der Waals surface area (Å²) >= 11 is 0. The maximum atomic E-state index is 13.6. The lowest BCUT2D eigenvalue weighted by molar-refractivity contribution is -0.290. The topological polar surface area (TPSA) is 42.4 Å². The highest BCUT2D eigenvalue weighted by molar-refractivity contribution is 5.25. The van der Waals surface area contributed by atoms with Gasteiger partial charge in [-0.15, -0.1) is 0 Å². The molecule has 1 heterocycles. The van der Waals surface area contributed by atoms with E-state index in [1.54, 1.807) is 24.5 Å². The van der Waals surface area contributed by atoms with Crippen molar-refractivity contribution in [2.45, 2.75) is 43.2 Å². The number of alkyl halides is 1. The van der Waals surface area contributed by atoms with Crippen molar-refractivity contribution in [2.24, 2.45) is 0 Å². The van der Waals surface area contributed by atoms with E-state index in [2.05, 4.69) is 4.98 Å². The summed E-state index contributed by atoms with van der Waals surface area (Å²) < 4.78 is 19.1. The van der Waals surface area contributed by atoms with Gasteiger partial charge in [-0.2, -0.15) is 0 Å². The van der Waals surface area contributed by atoms with Crippen molar-refractivity contribution in [3.05, 3.63) is 30.1 Å². The molecule has 0 saturated heterocycles. The fraction of sp³-hybridized carbons (Fsp3) is 0.583. The molecule has 1 aromatic rings. The summed E-state index contributed by atoms with van der Waals surface area (Å²) in [4.78, 5) is 3.89. The number of ether oxygens (including phenoxy) is 1. The van der Waals surface area contributed by atoms with Crippen molar-refractivity contribution in [3.63, 3.8) is 0 Å². The van der Waals surface area contributed by atoms with Gasteiger partial charge in [-0.25, -0.2) is 4.39 Å². The average molecular weight is 223 g/mol. The summed E-state index contributed by atoms with van der Waals surface area (Å²) in [6.07, 6.45) is 4.35. The van der Waals surface area contributed by atoms with E-state index in [1.807, 2.05) is 0 Å². The average Bonchev–Trinajstić information content (AvgIpc) is 3.02. The van der Waals surface area contributed by atoms with Gasteiger partial charge in [0, 0.05) is 18.8 Å². The maximum Gasteiger partial charge on any atom is 0.178 e. The lowest BCUT2D eigenvalue weighted by atomic mass is 9.72. The third kappa shape index (κ3) is 1.62. The molecule has 1 N–H and O–H groups in total. The van der Waals surface area contributed by atoms with Crippen LogP contribution in [0.2, 0.25) is 0 Å². The first-order valence-electron chi connectivity index (χ1n) is 5.63. The van der Waals surface area contributed by atoms with Crippen LogP contribution in [0, 0.1) is 0 Å². The summed E-state index contributed by atoms with van der Waals surface area (Å²) in [6.45, 7) is 0. The van der Waals surface area contributed by atoms with Crippen LogP contribution in [0.4, 0.5) is 4.39 Å². The van der Waals surface area contributed by atoms with E-state index in [-0.39, 0.29) is 12.5 Å². The third-order valence-corrected chi connectivity index (χ3v) is 3.30. The van der Waals surface area contributed by atoms with E-state index in [4.69, 9.17) is 4.74 Å². The molecule has 3 atom stereocenters. The van der Waals surface area contributed by atoms with Crippen LogP contribution >= 0.6 is 0 Å². The Kier molecular flexibility index (Phi) is 2.23. The van der Waals surface area contributed by atoms with Gasteiger partial charge in [0.1, 0.15) is 6.17 Å². The number of hydrogen-bond acceptors (Lipinski definition) is 3. The molecule has 2 aliphatic carbocycles. The largest absolute Gasteiger partial charge is 0.365 e. The van der Waals surface area contributed by atoms with Crippen LogP contribution in [0.25, 0.3) is 0 Å². The molecule has 3 nitrogen and oxygen atoms in total. The van der Waals surface area contributed by atoms with Crippen molar-refractivity contribution in [1.29, 1.82) is 0 Å². The van der Waals surface area contributed by atoms with Crippen LogP contribution in [0.15, 0.2) is 24.5 Å². The molecule has 0 aliphatic heterocycles. The number of halogens is 1.